The van der Waals surface area contributed by atoms with Gasteiger partial charge in [0, 0.05) is 0 Å². The van der Waals surface area contributed by atoms with E-state index in [0.29, 0.717) is 6.42 Å². The molecular weight excluding hydrogens is 168 g/mol. The highest BCUT2D eigenvalue weighted by Crippen LogP contribution is 2.08. The molecular formula is C9H20N2O2. The van der Waals surface area contributed by atoms with E-state index in [1.165, 1.54) is 0 Å². The van der Waals surface area contributed by atoms with E-state index in [4.69, 9.17) is 5.11 Å². The number of nitrogens with one attached hydrogen (secondary N) is 2. The third-order valence-corrected chi connectivity index (χ3v) is 2.30. The molecule has 4 nitrogen and oxygen atoms in total. The SMILES string of the molecule is CCC(C)(NCCCNC)C(=O)O. The standard InChI is InChI=1S/C9H20N2O2/c1-4-9(2,8(12)13)11-7-5-6-10-3/h10-11H,4-7H2,1-3H3,(H,12,13). The molecule has 0 aromatic heterocycles. The highest BCUT2D eigenvalue weighted by atomic mass is 16.4. The Bertz CT molecular complexity index is 162. The molecule has 0 radical (unpaired) electrons. The maximum atomic E-state index is 10.8. The first-order valence-electron chi connectivity index (χ1n) is 4.70. The van der Waals surface area contributed by atoms with Gasteiger partial charge in [-0.3, -0.25) is 4.79 Å². The van der Waals surface area contributed by atoms with Gasteiger partial charge in [-0.15, -0.1) is 0 Å². The van der Waals surface area contributed by atoms with Gasteiger partial charge in [0.2, 0.25) is 0 Å². The van der Waals surface area contributed by atoms with Crippen molar-refractivity contribution in [2.75, 3.05) is 20.1 Å². The summed E-state index contributed by atoms with van der Waals surface area (Å²) in [6, 6.07) is 0. The molecule has 0 fully saturated rings. The Balaban J connectivity index is 3.78. The maximum absolute atomic E-state index is 10.8. The molecule has 0 saturated heterocycles. The molecule has 0 amide bonds. The predicted molar refractivity (Wildman–Crippen MR) is 52.9 cm³/mol. The first-order valence-corrected chi connectivity index (χ1v) is 4.70. The number of rotatable bonds is 7. The normalized spacial score (nSPS) is 15.3. The Morgan fingerprint density at radius 1 is 1.46 bits per heavy atom. The van der Waals surface area contributed by atoms with Crippen molar-refractivity contribution >= 4 is 5.97 Å². The van der Waals surface area contributed by atoms with Crippen molar-refractivity contribution in [3.63, 3.8) is 0 Å². The second-order valence-corrected chi connectivity index (χ2v) is 3.37. The van der Waals surface area contributed by atoms with Gasteiger partial charge in [0.05, 0.1) is 0 Å². The topological polar surface area (TPSA) is 61.4 Å². The van der Waals surface area contributed by atoms with Crippen LogP contribution in [0.2, 0.25) is 0 Å². The number of aliphatic carboxylic acids is 1. The van der Waals surface area contributed by atoms with Crippen LogP contribution in [0.1, 0.15) is 26.7 Å². The summed E-state index contributed by atoms with van der Waals surface area (Å²) in [7, 11) is 1.89. The number of hydrogen-bond donors (Lipinski definition) is 3. The molecule has 0 spiro atoms. The fourth-order valence-electron chi connectivity index (χ4n) is 0.981. The van der Waals surface area contributed by atoms with Gasteiger partial charge in [0.15, 0.2) is 0 Å². The molecule has 0 aliphatic rings. The molecule has 0 aliphatic carbocycles. The number of carboxylic acids is 1. The third kappa shape index (κ3) is 4.24. The van der Waals surface area contributed by atoms with Crippen molar-refractivity contribution in [3.8, 4) is 0 Å². The van der Waals surface area contributed by atoms with Gasteiger partial charge in [0.1, 0.15) is 5.54 Å². The molecule has 0 heterocycles. The van der Waals surface area contributed by atoms with Gasteiger partial charge in [-0.2, -0.15) is 0 Å². The fourth-order valence-corrected chi connectivity index (χ4v) is 0.981. The quantitative estimate of drug-likeness (QED) is 0.507. The van der Waals surface area contributed by atoms with Crippen LogP contribution in [0.15, 0.2) is 0 Å². The van der Waals surface area contributed by atoms with Crippen molar-refractivity contribution in [2.24, 2.45) is 0 Å². The van der Waals surface area contributed by atoms with E-state index >= 15 is 0 Å². The van der Waals surface area contributed by atoms with Crippen LogP contribution in [0.25, 0.3) is 0 Å². The summed E-state index contributed by atoms with van der Waals surface area (Å²) in [5, 5.41) is 15.0. The summed E-state index contributed by atoms with van der Waals surface area (Å²) in [5.41, 5.74) is -0.770. The van der Waals surface area contributed by atoms with Crippen LogP contribution < -0.4 is 10.6 Å². The first-order chi connectivity index (χ1) is 6.06. The van der Waals surface area contributed by atoms with Crippen LogP contribution in [0.3, 0.4) is 0 Å². The monoisotopic (exact) mass is 188 g/mol. The minimum absolute atomic E-state index is 0.599. The average Bonchev–Trinajstić information content (AvgIpc) is 2.12. The number of hydrogen-bond acceptors (Lipinski definition) is 3. The molecule has 0 rings (SSSR count). The van der Waals surface area contributed by atoms with Crippen LogP contribution in [-0.2, 0) is 4.79 Å². The van der Waals surface area contributed by atoms with Gasteiger partial charge >= 0.3 is 5.97 Å². The lowest BCUT2D eigenvalue weighted by molar-refractivity contribution is -0.144. The van der Waals surface area contributed by atoms with Crippen LogP contribution in [0, 0.1) is 0 Å². The zero-order valence-corrected chi connectivity index (χ0v) is 8.68. The fraction of sp³-hybridized carbons (Fsp3) is 0.889. The summed E-state index contributed by atoms with van der Waals surface area (Å²) >= 11 is 0. The summed E-state index contributed by atoms with van der Waals surface area (Å²) in [4.78, 5) is 10.8. The molecule has 0 aromatic carbocycles. The van der Waals surface area contributed by atoms with E-state index in [9.17, 15) is 4.79 Å². The van der Waals surface area contributed by atoms with Gasteiger partial charge in [-0.1, -0.05) is 6.92 Å². The zero-order valence-electron chi connectivity index (χ0n) is 8.68. The van der Waals surface area contributed by atoms with Crippen molar-refractivity contribution in [1.82, 2.24) is 10.6 Å². The van der Waals surface area contributed by atoms with Crippen molar-refractivity contribution < 1.29 is 9.90 Å². The van der Waals surface area contributed by atoms with Crippen molar-refractivity contribution in [3.05, 3.63) is 0 Å². The lowest BCUT2D eigenvalue weighted by Gasteiger charge is -2.24. The highest BCUT2D eigenvalue weighted by Gasteiger charge is 2.29. The summed E-state index contributed by atoms with van der Waals surface area (Å²) in [6.45, 7) is 5.23. The van der Waals surface area contributed by atoms with Crippen LogP contribution >= 0.6 is 0 Å². The first kappa shape index (κ1) is 12.4. The van der Waals surface area contributed by atoms with Gasteiger partial charge in [-0.05, 0) is 39.9 Å². The third-order valence-electron chi connectivity index (χ3n) is 2.30. The van der Waals surface area contributed by atoms with Gasteiger partial charge in [0.25, 0.3) is 0 Å². The lowest BCUT2D eigenvalue weighted by atomic mass is 9.99. The van der Waals surface area contributed by atoms with E-state index < -0.39 is 11.5 Å². The zero-order chi connectivity index (χ0) is 10.3. The number of carboxylic acid groups (broad SMARTS) is 1. The second kappa shape index (κ2) is 5.94. The Morgan fingerprint density at radius 3 is 2.46 bits per heavy atom. The average molecular weight is 188 g/mol. The minimum Gasteiger partial charge on any atom is -0.480 e. The van der Waals surface area contributed by atoms with Gasteiger partial charge < -0.3 is 15.7 Å². The van der Waals surface area contributed by atoms with E-state index in [-0.39, 0.29) is 0 Å². The molecule has 0 bridgehead atoms. The van der Waals surface area contributed by atoms with Crippen LogP contribution in [0.4, 0.5) is 0 Å². The molecule has 78 valence electrons. The summed E-state index contributed by atoms with van der Waals surface area (Å²) < 4.78 is 0. The molecule has 13 heavy (non-hydrogen) atoms. The van der Waals surface area contributed by atoms with Crippen LogP contribution in [0.5, 0.6) is 0 Å². The Morgan fingerprint density at radius 2 is 2.08 bits per heavy atom. The largest absolute Gasteiger partial charge is 0.480 e. The molecule has 1 atom stereocenters. The smallest absolute Gasteiger partial charge is 0.323 e. The van der Waals surface area contributed by atoms with E-state index in [0.717, 1.165) is 19.5 Å². The molecule has 0 saturated carbocycles. The second-order valence-electron chi connectivity index (χ2n) is 3.37. The summed E-state index contributed by atoms with van der Waals surface area (Å²) in [6.07, 6.45) is 1.54. The Hall–Kier alpha value is -0.610. The van der Waals surface area contributed by atoms with Gasteiger partial charge in [-0.25, -0.2) is 0 Å². The van der Waals surface area contributed by atoms with E-state index in [1.54, 1.807) is 6.92 Å². The van der Waals surface area contributed by atoms with Crippen LogP contribution in [-0.4, -0.2) is 36.8 Å². The van der Waals surface area contributed by atoms with Crippen molar-refractivity contribution in [2.45, 2.75) is 32.2 Å². The lowest BCUT2D eigenvalue weighted by Crippen LogP contribution is -2.49. The highest BCUT2D eigenvalue weighted by molar-refractivity contribution is 5.78. The van der Waals surface area contributed by atoms with E-state index in [2.05, 4.69) is 10.6 Å². The maximum Gasteiger partial charge on any atom is 0.323 e. The Labute approximate surface area is 79.7 Å². The van der Waals surface area contributed by atoms with E-state index in [1.807, 2.05) is 14.0 Å². The predicted octanol–water partition coefficient (Wildman–Crippen LogP) is 0.439. The van der Waals surface area contributed by atoms with Crippen molar-refractivity contribution in [1.29, 1.82) is 0 Å². The Kier molecular flexibility index (Phi) is 5.66. The molecule has 0 aromatic rings. The number of carbonyl (C=O) groups is 1. The molecule has 0 aliphatic heterocycles. The molecule has 1 unspecified atom stereocenters. The molecule has 3 N–H and O–H groups in total. The minimum atomic E-state index is -0.778. The summed E-state index contributed by atoms with van der Waals surface area (Å²) in [5.74, 6) is -0.778. The molecule has 4 heteroatoms.